The third kappa shape index (κ3) is 2.18. The monoisotopic (exact) mass is 275 g/mol. The number of aromatic nitrogens is 5. The number of benzene rings is 1. The summed E-state index contributed by atoms with van der Waals surface area (Å²) in [4.78, 5) is 6.07. The second kappa shape index (κ2) is 4.86. The second-order valence-electron chi connectivity index (χ2n) is 4.84. The van der Waals surface area contributed by atoms with Crippen LogP contribution in [0, 0.1) is 0 Å². The van der Waals surface area contributed by atoms with Crippen LogP contribution in [0.4, 0.5) is 0 Å². The van der Waals surface area contributed by atoms with E-state index in [2.05, 4.69) is 43.8 Å². The fraction of sp³-hybridized carbons (Fsp3) is 0.0625. The zero-order chi connectivity index (χ0) is 14.1. The summed E-state index contributed by atoms with van der Waals surface area (Å²) in [6, 6.07) is 14.4. The Kier molecular flexibility index (Phi) is 2.74. The Hall–Kier alpha value is -2.95. The van der Waals surface area contributed by atoms with Crippen molar-refractivity contribution in [1.82, 2.24) is 24.4 Å². The molecule has 0 N–H and O–H groups in total. The van der Waals surface area contributed by atoms with E-state index in [1.54, 1.807) is 17.2 Å². The number of nitrogens with zero attached hydrogens (tertiary/aromatic N) is 5. The maximum absolute atomic E-state index is 4.48. The number of rotatable bonds is 3. The van der Waals surface area contributed by atoms with Crippen molar-refractivity contribution in [3.8, 4) is 5.69 Å². The van der Waals surface area contributed by atoms with E-state index in [0.29, 0.717) is 0 Å². The van der Waals surface area contributed by atoms with Crippen molar-refractivity contribution >= 4 is 5.65 Å². The molecule has 0 aliphatic carbocycles. The van der Waals surface area contributed by atoms with Gasteiger partial charge in [-0.15, -0.1) is 0 Å². The number of imidazole rings is 1. The molecular weight excluding hydrogens is 262 g/mol. The van der Waals surface area contributed by atoms with Crippen LogP contribution in [0.25, 0.3) is 11.3 Å². The molecule has 102 valence electrons. The lowest BCUT2D eigenvalue weighted by Gasteiger charge is -2.04. The molecular formula is C16H13N5. The van der Waals surface area contributed by atoms with Crippen LogP contribution in [0.2, 0.25) is 0 Å². The van der Waals surface area contributed by atoms with E-state index < -0.39 is 0 Å². The minimum Gasteiger partial charge on any atom is -0.304 e. The first-order chi connectivity index (χ1) is 10.4. The van der Waals surface area contributed by atoms with Gasteiger partial charge in [-0.05, 0) is 11.6 Å². The molecule has 5 nitrogen and oxygen atoms in total. The lowest BCUT2D eigenvalue weighted by Crippen LogP contribution is -2.00. The van der Waals surface area contributed by atoms with Gasteiger partial charge in [0.25, 0.3) is 0 Å². The van der Waals surface area contributed by atoms with Crippen molar-refractivity contribution < 1.29 is 0 Å². The highest BCUT2D eigenvalue weighted by molar-refractivity contribution is 5.48. The first kappa shape index (κ1) is 11.8. The van der Waals surface area contributed by atoms with Gasteiger partial charge in [-0.25, -0.2) is 4.98 Å². The van der Waals surface area contributed by atoms with Crippen molar-refractivity contribution in [2.24, 2.45) is 0 Å². The third-order valence-electron chi connectivity index (χ3n) is 3.45. The van der Waals surface area contributed by atoms with Gasteiger partial charge >= 0.3 is 0 Å². The van der Waals surface area contributed by atoms with E-state index >= 15 is 0 Å². The van der Waals surface area contributed by atoms with Crippen molar-refractivity contribution in [3.05, 3.63) is 78.5 Å². The van der Waals surface area contributed by atoms with Crippen LogP contribution in [0.1, 0.15) is 11.3 Å². The van der Waals surface area contributed by atoms with Crippen LogP contribution in [0.5, 0.6) is 0 Å². The molecule has 5 heteroatoms. The molecule has 4 rings (SSSR count). The molecule has 0 aliphatic heterocycles. The minimum absolute atomic E-state index is 0.862. The van der Waals surface area contributed by atoms with Gasteiger partial charge in [0, 0.05) is 30.6 Å². The van der Waals surface area contributed by atoms with E-state index in [4.69, 9.17) is 0 Å². The summed E-state index contributed by atoms with van der Waals surface area (Å²) in [6.07, 6.45) is 8.12. The molecule has 3 heterocycles. The van der Waals surface area contributed by atoms with Gasteiger partial charge in [-0.2, -0.15) is 15.0 Å². The molecule has 4 aromatic rings. The first-order valence-electron chi connectivity index (χ1n) is 6.77. The quantitative estimate of drug-likeness (QED) is 0.577. The lowest BCUT2D eigenvalue weighted by molar-refractivity contribution is 0.750. The molecule has 0 bridgehead atoms. The number of hydrogen-bond donors (Lipinski definition) is 0. The molecule has 0 aliphatic rings. The summed E-state index contributed by atoms with van der Waals surface area (Å²) in [5.74, 6) is 0. The number of fused-ring (bicyclic) bond motifs is 1. The Labute approximate surface area is 121 Å². The Morgan fingerprint density at radius 3 is 2.57 bits per heavy atom. The third-order valence-corrected chi connectivity index (χ3v) is 3.45. The normalized spacial score (nSPS) is 11.0. The molecule has 0 spiro atoms. The molecule has 0 radical (unpaired) electrons. The summed E-state index contributed by atoms with van der Waals surface area (Å²) in [5, 5.41) is 8.27. The zero-order valence-electron chi connectivity index (χ0n) is 11.3. The predicted octanol–water partition coefficient (Wildman–Crippen LogP) is 2.51. The summed E-state index contributed by atoms with van der Waals surface area (Å²) >= 11 is 0. The Morgan fingerprint density at radius 2 is 1.76 bits per heavy atom. The largest absolute Gasteiger partial charge is 0.304 e. The highest BCUT2D eigenvalue weighted by Gasteiger charge is 2.06. The zero-order valence-corrected chi connectivity index (χ0v) is 11.3. The van der Waals surface area contributed by atoms with Gasteiger partial charge < -0.3 is 4.40 Å². The van der Waals surface area contributed by atoms with Crippen LogP contribution in [-0.2, 0) is 6.42 Å². The summed E-state index contributed by atoms with van der Waals surface area (Å²) < 4.78 is 2.10. The molecule has 0 amide bonds. The average molecular weight is 275 g/mol. The number of pyridine rings is 1. The summed E-state index contributed by atoms with van der Waals surface area (Å²) in [6.45, 7) is 0. The maximum Gasteiger partial charge on any atom is 0.139 e. The lowest BCUT2D eigenvalue weighted by atomic mass is 10.1. The highest BCUT2D eigenvalue weighted by atomic mass is 15.5. The molecule has 0 atom stereocenters. The molecule has 3 aromatic heterocycles. The standard InChI is InChI=1S/C16H13N5/c1-2-4-13(5-3-1)10-15-12-17-16-11-14(6-9-20(15)16)21-18-7-8-19-21/h1-9,11-12H,10H2. The topological polar surface area (TPSA) is 48.0 Å². The van der Waals surface area contributed by atoms with Gasteiger partial charge in [0.1, 0.15) is 5.65 Å². The van der Waals surface area contributed by atoms with Crippen LogP contribution < -0.4 is 0 Å². The fourth-order valence-electron chi connectivity index (χ4n) is 2.43. The summed E-state index contributed by atoms with van der Waals surface area (Å²) in [7, 11) is 0. The Bertz CT molecular complexity index is 862. The molecule has 1 aromatic carbocycles. The minimum atomic E-state index is 0.862. The SMILES string of the molecule is c1ccc(Cc2cnc3cc(-n4nccn4)ccn23)cc1. The molecule has 0 unspecified atom stereocenters. The van der Waals surface area contributed by atoms with E-state index in [-0.39, 0.29) is 0 Å². The highest BCUT2D eigenvalue weighted by Crippen LogP contribution is 2.14. The van der Waals surface area contributed by atoms with Crippen molar-refractivity contribution in [3.63, 3.8) is 0 Å². The van der Waals surface area contributed by atoms with E-state index in [9.17, 15) is 0 Å². The molecule has 21 heavy (non-hydrogen) atoms. The van der Waals surface area contributed by atoms with E-state index in [0.717, 1.165) is 23.4 Å². The van der Waals surface area contributed by atoms with Crippen LogP contribution in [-0.4, -0.2) is 24.4 Å². The van der Waals surface area contributed by atoms with E-state index in [1.807, 2.05) is 30.6 Å². The van der Waals surface area contributed by atoms with Gasteiger partial charge in [0.05, 0.1) is 18.1 Å². The fourth-order valence-corrected chi connectivity index (χ4v) is 2.43. The van der Waals surface area contributed by atoms with Gasteiger partial charge in [-0.3, -0.25) is 0 Å². The second-order valence-corrected chi connectivity index (χ2v) is 4.84. The first-order valence-corrected chi connectivity index (χ1v) is 6.77. The predicted molar refractivity (Wildman–Crippen MR) is 79.4 cm³/mol. The molecule has 0 fully saturated rings. The van der Waals surface area contributed by atoms with Crippen LogP contribution >= 0.6 is 0 Å². The van der Waals surface area contributed by atoms with E-state index in [1.165, 1.54) is 5.56 Å². The summed E-state index contributed by atoms with van der Waals surface area (Å²) in [5.41, 5.74) is 4.24. The van der Waals surface area contributed by atoms with Crippen molar-refractivity contribution in [2.75, 3.05) is 0 Å². The van der Waals surface area contributed by atoms with Crippen LogP contribution in [0.15, 0.2) is 67.3 Å². The van der Waals surface area contributed by atoms with Gasteiger partial charge in [-0.1, -0.05) is 30.3 Å². The van der Waals surface area contributed by atoms with Crippen molar-refractivity contribution in [1.29, 1.82) is 0 Å². The van der Waals surface area contributed by atoms with Gasteiger partial charge in [0.2, 0.25) is 0 Å². The Balaban J connectivity index is 1.72. The Morgan fingerprint density at radius 1 is 0.952 bits per heavy atom. The van der Waals surface area contributed by atoms with Crippen molar-refractivity contribution in [2.45, 2.75) is 6.42 Å². The van der Waals surface area contributed by atoms with Gasteiger partial charge in [0.15, 0.2) is 0 Å². The maximum atomic E-state index is 4.48. The van der Waals surface area contributed by atoms with Crippen LogP contribution in [0.3, 0.4) is 0 Å². The molecule has 0 saturated heterocycles. The average Bonchev–Trinajstić information content (AvgIpc) is 3.18. The number of hydrogen-bond acceptors (Lipinski definition) is 3. The smallest absolute Gasteiger partial charge is 0.139 e. The molecule has 0 saturated carbocycles.